The third-order valence-corrected chi connectivity index (χ3v) is 4.61. The second-order valence-electron chi connectivity index (χ2n) is 4.66. The van der Waals surface area contributed by atoms with Gasteiger partial charge in [0.05, 0.1) is 0 Å². The number of halogens is 3. The van der Waals surface area contributed by atoms with Crippen molar-refractivity contribution >= 4 is 15.9 Å². The monoisotopic (exact) mass is 304 g/mol. The SMILES string of the molecule is Fc1ccc(CC2(CBr)CCOCC2)c(F)c1. The van der Waals surface area contributed by atoms with Crippen LogP contribution in [0.15, 0.2) is 18.2 Å². The fourth-order valence-electron chi connectivity index (χ4n) is 2.23. The maximum atomic E-state index is 13.6. The number of alkyl halides is 1. The molecule has 2 rings (SSSR count). The van der Waals surface area contributed by atoms with Crippen molar-refractivity contribution in [2.24, 2.45) is 5.41 Å². The Kier molecular flexibility index (Phi) is 4.15. The van der Waals surface area contributed by atoms with E-state index in [1.807, 2.05) is 0 Å². The van der Waals surface area contributed by atoms with Crippen molar-refractivity contribution < 1.29 is 13.5 Å². The lowest BCUT2D eigenvalue weighted by atomic mass is 9.77. The van der Waals surface area contributed by atoms with Crippen molar-refractivity contribution in [1.82, 2.24) is 0 Å². The lowest BCUT2D eigenvalue weighted by Crippen LogP contribution is -2.33. The molecule has 1 saturated heterocycles. The molecule has 1 aliphatic rings. The topological polar surface area (TPSA) is 9.23 Å². The Morgan fingerprint density at radius 2 is 1.94 bits per heavy atom. The van der Waals surface area contributed by atoms with Crippen LogP contribution in [0.1, 0.15) is 18.4 Å². The highest BCUT2D eigenvalue weighted by atomic mass is 79.9. The van der Waals surface area contributed by atoms with E-state index in [9.17, 15) is 8.78 Å². The van der Waals surface area contributed by atoms with Crippen LogP contribution in [0.2, 0.25) is 0 Å². The van der Waals surface area contributed by atoms with E-state index in [1.165, 1.54) is 6.07 Å². The maximum Gasteiger partial charge on any atom is 0.129 e. The average Bonchev–Trinajstić information content (AvgIpc) is 2.34. The molecule has 0 aliphatic carbocycles. The highest BCUT2D eigenvalue weighted by Gasteiger charge is 2.32. The molecule has 0 unspecified atom stereocenters. The van der Waals surface area contributed by atoms with Gasteiger partial charge in [-0.2, -0.15) is 0 Å². The minimum atomic E-state index is -0.522. The molecule has 1 aromatic carbocycles. The molecule has 0 radical (unpaired) electrons. The van der Waals surface area contributed by atoms with Gasteiger partial charge >= 0.3 is 0 Å². The molecule has 17 heavy (non-hydrogen) atoms. The molecule has 1 aromatic rings. The average molecular weight is 305 g/mol. The molecule has 1 aliphatic heterocycles. The zero-order valence-corrected chi connectivity index (χ0v) is 11.1. The third kappa shape index (κ3) is 3.05. The van der Waals surface area contributed by atoms with Crippen molar-refractivity contribution in [3.63, 3.8) is 0 Å². The summed E-state index contributed by atoms with van der Waals surface area (Å²) in [6.45, 7) is 1.43. The maximum absolute atomic E-state index is 13.6. The Morgan fingerprint density at radius 3 is 2.53 bits per heavy atom. The Hall–Kier alpha value is -0.480. The number of rotatable bonds is 3. The molecular formula is C13H15BrF2O. The third-order valence-electron chi connectivity index (χ3n) is 3.42. The molecule has 1 fully saturated rings. The Bertz CT molecular complexity index is 389. The first kappa shape index (κ1) is 13.0. The van der Waals surface area contributed by atoms with Gasteiger partial charge in [0.1, 0.15) is 11.6 Å². The van der Waals surface area contributed by atoms with Crippen LogP contribution in [0, 0.1) is 17.0 Å². The van der Waals surface area contributed by atoms with Gasteiger partial charge in [-0.15, -0.1) is 0 Å². The summed E-state index contributed by atoms with van der Waals surface area (Å²) in [5, 5.41) is 0.820. The summed E-state index contributed by atoms with van der Waals surface area (Å²) in [4.78, 5) is 0. The summed E-state index contributed by atoms with van der Waals surface area (Å²) >= 11 is 3.51. The highest BCUT2D eigenvalue weighted by molar-refractivity contribution is 9.09. The van der Waals surface area contributed by atoms with Crippen molar-refractivity contribution in [1.29, 1.82) is 0 Å². The van der Waals surface area contributed by atoms with E-state index in [-0.39, 0.29) is 5.41 Å². The highest BCUT2D eigenvalue weighted by Crippen LogP contribution is 2.36. The predicted molar refractivity (Wildman–Crippen MR) is 66.3 cm³/mol. The van der Waals surface area contributed by atoms with Crippen molar-refractivity contribution in [3.05, 3.63) is 35.4 Å². The van der Waals surface area contributed by atoms with Crippen molar-refractivity contribution in [2.75, 3.05) is 18.5 Å². The zero-order valence-electron chi connectivity index (χ0n) is 9.52. The summed E-state index contributed by atoms with van der Waals surface area (Å²) in [5.74, 6) is -0.970. The van der Waals surface area contributed by atoms with E-state index in [0.29, 0.717) is 25.2 Å². The molecule has 0 amide bonds. The van der Waals surface area contributed by atoms with Gasteiger partial charge in [0.15, 0.2) is 0 Å². The first-order chi connectivity index (χ1) is 8.15. The van der Waals surface area contributed by atoms with Crippen LogP contribution in [0.4, 0.5) is 8.78 Å². The smallest absolute Gasteiger partial charge is 0.129 e. The van der Waals surface area contributed by atoms with E-state index < -0.39 is 11.6 Å². The van der Waals surface area contributed by atoms with E-state index in [0.717, 1.165) is 24.2 Å². The van der Waals surface area contributed by atoms with Gasteiger partial charge in [-0.1, -0.05) is 22.0 Å². The van der Waals surface area contributed by atoms with Crippen LogP contribution in [0.5, 0.6) is 0 Å². The number of ether oxygens (including phenoxy) is 1. The van der Waals surface area contributed by atoms with Crippen molar-refractivity contribution in [2.45, 2.75) is 19.3 Å². The molecule has 0 spiro atoms. The van der Waals surface area contributed by atoms with Gasteiger partial charge in [-0.3, -0.25) is 0 Å². The molecule has 4 heteroatoms. The van der Waals surface area contributed by atoms with Gasteiger partial charge in [0.2, 0.25) is 0 Å². The van der Waals surface area contributed by atoms with Crippen LogP contribution in [0.3, 0.4) is 0 Å². The fourth-order valence-corrected chi connectivity index (χ4v) is 2.99. The van der Waals surface area contributed by atoms with Crippen LogP contribution < -0.4 is 0 Å². The zero-order chi connectivity index (χ0) is 12.3. The molecule has 0 N–H and O–H groups in total. The Morgan fingerprint density at radius 1 is 1.24 bits per heavy atom. The number of hydrogen-bond donors (Lipinski definition) is 0. The summed E-state index contributed by atoms with van der Waals surface area (Å²) in [6, 6.07) is 3.82. The molecule has 1 nitrogen and oxygen atoms in total. The van der Waals surface area contributed by atoms with E-state index in [1.54, 1.807) is 6.07 Å². The quantitative estimate of drug-likeness (QED) is 0.774. The van der Waals surface area contributed by atoms with Crippen LogP contribution in [-0.2, 0) is 11.2 Å². The second-order valence-corrected chi connectivity index (χ2v) is 5.22. The molecule has 0 saturated carbocycles. The van der Waals surface area contributed by atoms with E-state index >= 15 is 0 Å². The molecule has 0 aromatic heterocycles. The molecule has 1 heterocycles. The Labute approximate surface area is 108 Å². The largest absolute Gasteiger partial charge is 0.381 e. The molecule has 0 bridgehead atoms. The van der Waals surface area contributed by atoms with E-state index in [4.69, 9.17) is 4.74 Å². The number of benzene rings is 1. The summed E-state index contributed by atoms with van der Waals surface area (Å²) in [7, 11) is 0. The van der Waals surface area contributed by atoms with Crippen LogP contribution in [0.25, 0.3) is 0 Å². The summed E-state index contributed by atoms with van der Waals surface area (Å²) in [6.07, 6.45) is 2.46. The standard InChI is InChI=1S/C13H15BrF2O/c14-9-13(3-5-17-6-4-13)8-10-1-2-11(15)7-12(10)16/h1-2,7H,3-6,8-9H2. The van der Waals surface area contributed by atoms with Crippen LogP contribution in [-0.4, -0.2) is 18.5 Å². The molecule has 94 valence electrons. The summed E-state index contributed by atoms with van der Waals surface area (Å²) in [5.41, 5.74) is 0.629. The lowest BCUT2D eigenvalue weighted by Gasteiger charge is -2.35. The summed E-state index contributed by atoms with van der Waals surface area (Å²) < 4.78 is 31.8. The molecular weight excluding hydrogens is 290 g/mol. The van der Waals surface area contributed by atoms with Gasteiger partial charge in [-0.05, 0) is 36.3 Å². The van der Waals surface area contributed by atoms with E-state index in [2.05, 4.69) is 15.9 Å². The van der Waals surface area contributed by atoms with Gasteiger partial charge in [0, 0.05) is 24.6 Å². The van der Waals surface area contributed by atoms with Gasteiger partial charge < -0.3 is 4.74 Å². The first-order valence-electron chi connectivity index (χ1n) is 5.73. The predicted octanol–water partition coefficient (Wildman–Crippen LogP) is 3.70. The van der Waals surface area contributed by atoms with Crippen molar-refractivity contribution in [3.8, 4) is 0 Å². The normalized spacial score (nSPS) is 19.2. The minimum Gasteiger partial charge on any atom is -0.381 e. The van der Waals surface area contributed by atoms with Gasteiger partial charge in [-0.25, -0.2) is 8.78 Å². The minimum absolute atomic E-state index is 0.0386. The lowest BCUT2D eigenvalue weighted by molar-refractivity contribution is 0.0266. The fraction of sp³-hybridized carbons (Fsp3) is 0.538. The molecule has 0 atom stereocenters. The Balaban J connectivity index is 2.17. The van der Waals surface area contributed by atoms with Gasteiger partial charge in [0.25, 0.3) is 0 Å². The van der Waals surface area contributed by atoms with Crippen LogP contribution >= 0.6 is 15.9 Å². The second kappa shape index (κ2) is 5.44. The first-order valence-corrected chi connectivity index (χ1v) is 6.85. The number of hydrogen-bond acceptors (Lipinski definition) is 1.